The normalized spacial score (nSPS) is 10.1. The molecular weight excluding hydrogens is 223 g/mol. The van der Waals surface area contributed by atoms with Crippen molar-refractivity contribution in [3.63, 3.8) is 0 Å². The maximum atomic E-state index is 13.5. The van der Waals surface area contributed by atoms with Gasteiger partial charge in [-0.15, -0.1) is 0 Å². The van der Waals surface area contributed by atoms with Crippen LogP contribution < -0.4 is 16.0 Å². The molecular formula is C12H17FN2O2. The highest BCUT2D eigenvalue weighted by Crippen LogP contribution is 2.19. The van der Waals surface area contributed by atoms with Crippen molar-refractivity contribution in [1.82, 2.24) is 5.43 Å². The second kappa shape index (κ2) is 6.85. The molecule has 0 spiro atoms. The molecule has 0 aliphatic carbocycles. The number of hydrazine groups is 1. The Morgan fingerprint density at radius 1 is 1.53 bits per heavy atom. The SMILES string of the molecule is CCOc1ccc(CCCC(=O)NN)cc1F. The highest BCUT2D eigenvalue weighted by atomic mass is 19.1. The Kier molecular flexibility index (Phi) is 5.42. The Labute approximate surface area is 99.9 Å². The van der Waals surface area contributed by atoms with Crippen molar-refractivity contribution in [1.29, 1.82) is 0 Å². The average Bonchev–Trinajstić information content (AvgIpc) is 2.32. The van der Waals surface area contributed by atoms with E-state index in [2.05, 4.69) is 5.43 Å². The van der Waals surface area contributed by atoms with E-state index in [4.69, 9.17) is 10.6 Å². The van der Waals surface area contributed by atoms with Gasteiger partial charge in [0.15, 0.2) is 11.6 Å². The summed E-state index contributed by atoms with van der Waals surface area (Å²) in [5, 5.41) is 0. The smallest absolute Gasteiger partial charge is 0.233 e. The minimum Gasteiger partial charge on any atom is -0.491 e. The second-order valence-corrected chi connectivity index (χ2v) is 3.62. The second-order valence-electron chi connectivity index (χ2n) is 3.62. The van der Waals surface area contributed by atoms with Crippen LogP contribution in [0.25, 0.3) is 0 Å². The maximum Gasteiger partial charge on any atom is 0.233 e. The number of aryl methyl sites for hydroxylation is 1. The minimum absolute atomic E-state index is 0.212. The number of nitrogens with one attached hydrogen (secondary N) is 1. The van der Waals surface area contributed by atoms with E-state index in [9.17, 15) is 9.18 Å². The van der Waals surface area contributed by atoms with Crippen LogP contribution in [0, 0.1) is 5.82 Å². The number of halogens is 1. The van der Waals surface area contributed by atoms with Crippen LogP contribution in [0.3, 0.4) is 0 Å². The van der Waals surface area contributed by atoms with Crippen LogP contribution in [0.15, 0.2) is 18.2 Å². The standard InChI is InChI=1S/C12H17FN2O2/c1-2-17-11-7-6-9(8-10(11)13)4-3-5-12(16)15-14/h6-8H,2-5,14H2,1H3,(H,15,16). The molecule has 0 unspecified atom stereocenters. The average molecular weight is 240 g/mol. The molecule has 94 valence electrons. The van der Waals surface area contributed by atoms with Gasteiger partial charge in [-0.05, 0) is 37.5 Å². The van der Waals surface area contributed by atoms with Gasteiger partial charge in [0, 0.05) is 6.42 Å². The van der Waals surface area contributed by atoms with E-state index in [0.29, 0.717) is 25.9 Å². The zero-order chi connectivity index (χ0) is 12.7. The Balaban J connectivity index is 2.50. The molecule has 0 aliphatic rings. The number of carbonyl (C=O) groups excluding carboxylic acids is 1. The molecule has 17 heavy (non-hydrogen) atoms. The fraction of sp³-hybridized carbons (Fsp3) is 0.417. The van der Waals surface area contributed by atoms with Crippen molar-refractivity contribution in [3.05, 3.63) is 29.6 Å². The van der Waals surface area contributed by atoms with Crippen molar-refractivity contribution < 1.29 is 13.9 Å². The number of amides is 1. The molecule has 1 amide bonds. The van der Waals surface area contributed by atoms with E-state index < -0.39 is 0 Å². The van der Waals surface area contributed by atoms with Crippen molar-refractivity contribution >= 4 is 5.91 Å². The molecule has 1 aromatic rings. The highest BCUT2D eigenvalue weighted by Gasteiger charge is 2.05. The molecule has 0 saturated carbocycles. The van der Waals surface area contributed by atoms with Crippen LogP contribution in [0.5, 0.6) is 5.75 Å². The van der Waals surface area contributed by atoms with Crippen molar-refractivity contribution in [2.45, 2.75) is 26.2 Å². The molecule has 1 rings (SSSR count). The fourth-order valence-electron chi connectivity index (χ4n) is 1.50. The summed E-state index contributed by atoms with van der Waals surface area (Å²) in [6.07, 6.45) is 1.61. The highest BCUT2D eigenvalue weighted by molar-refractivity contribution is 5.75. The lowest BCUT2D eigenvalue weighted by Crippen LogP contribution is -2.29. The van der Waals surface area contributed by atoms with Gasteiger partial charge in [-0.25, -0.2) is 10.2 Å². The summed E-state index contributed by atoms with van der Waals surface area (Å²) in [7, 11) is 0. The number of hydrogen-bond acceptors (Lipinski definition) is 3. The molecule has 0 aromatic heterocycles. The predicted molar refractivity (Wildman–Crippen MR) is 62.8 cm³/mol. The zero-order valence-corrected chi connectivity index (χ0v) is 9.83. The number of hydrogen-bond donors (Lipinski definition) is 2. The van der Waals surface area contributed by atoms with Gasteiger partial charge >= 0.3 is 0 Å². The van der Waals surface area contributed by atoms with Crippen LogP contribution in [-0.2, 0) is 11.2 Å². The Hall–Kier alpha value is -1.62. The summed E-state index contributed by atoms with van der Waals surface area (Å²) in [6, 6.07) is 4.84. The molecule has 0 aliphatic heterocycles. The van der Waals surface area contributed by atoms with Crippen molar-refractivity contribution in [2.75, 3.05) is 6.61 Å². The van der Waals surface area contributed by atoms with E-state index in [0.717, 1.165) is 5.56 Å². The monoisotopic (exact) mass is 240 g/mol. The molecule has 4 nitrogen and oxygen atoms in total. The lowest BCUT2D eigenvalue weighted by Gasteiger charge is -2.06. The summed E-state index contributed by atoms with van der Waals surface area (Å²) >= 11 is 0. The number of carbonyl (C=O) groups is 1. The minimum atomic E-state index is -0.368. The summed E-state index contributed by atoms with van der Waals surface area (Å²) in [6.45, 7) is 2.24. The first kappa shape index (κ1) is 13.4. The van der Waals surface area contributed by atoms with E-state index in [-0.39, 0.29) is 17.5 Å². The van der Waals surface area contributed by atoms with Gasteiger partial charge in [0.2, 0.25) is 5.91 Å². The largest absolute Gasteiger partial charge is 0.491 e. The van der Waals surface area contributed by atoms with Gasteiger partial charge in [-0.1, -0.05) is 6.07 Å². The maximum absolute atomic E-state index is 13.5. The molecule has 5 heteroatoms. The number of rotatable bonds is 6. The van der Waals surface area contributed by atoms with E-state index in [1.165, 1.54) is 6.07 Å². The van der Waals surface area contributed by atoms with Gasteiger partial charge < -0.3 is 4.74 Å². The Bertz CT molecular complexity index is 383. The Morgan fingerprint density at radius 2 is 2.29 bits per heavy atom. The zero-order valence-electron chi connectivity index (χ0n) is 9.83. The third-order valence-electron chi connectivity index (χ3n) is 2.33. The number of nitrogens with two attached hydrogens (primary N) is 1. The van der Waals surface area contributed by atoms with Gasteiger partial charge in [0.05, 0.1) is 6.61 Å². The van der Waals surface area contributed by atoms with E-state index in [1.54, 1.807) is 19.1 Å². The number of ether oxygens (including phenoxy) is 1. The van der Waals surface area contributed by atoms with Crippen LogP contribution in [0.1, 0.15) is 25.3 Å². The van der Waals surface area contributed by atoms with Gasteiger partial charge in [-0.3, -0.25) is 10.2 Å². The van der Waals surface area contributed by atoms with Crippen LogP contribution in [0.2, 0.25) is 0 Å². The van der Waals surface area contributed by atoms with Crippen molar-refractivity contribution in [2.24, 2.45) is 5.84 Å². The van der Waals surface area contributed by atoms with E-state index >= 15 is 0 Å². The first-order valence-electron chi connectivity index (χ1n) is 5.58. The molecule has 0 radical (unpaired) electrons. The topological polar surface area (TPSA) is 64.3 Å². The van der Waals surface area contributed by atoms with Crippen LogP contribution in [0.4, 0.5) is 4.39 Å². The fourth-order valence-corrected chi connectivity index (χ4v) is 1.50. The quantitative estimate of drug-likeness (QED) is 0.450. The summed E-state index contributed by atoms with van der Waals surface area (Å²) in [5.74, 6) is 4.63. The summed E-state index contributed by atoms with van der Waals surface area (Å²) < 4.78 is 18.6. The molecule has 0 atom stereocenters. The third-order valence-corrected chi connectivity index (χ3v) is 2.33. The summed E-state index contributed by atoms with van der Waals surface area (Å²) in [4.78, 5) is 10.9. The van der Waals surface area contributed by atoms with Gasteiger partial charge in [-0.2, -0.15) is 0 Å². The predicted octanol–water partition coefficient (Wildman–Crippen LogP) is 1.54. The molecule has 3 N–H and O–H groups in total. The molecule has 0 heterocycles. The lowest BCUT2D eigenvalue weighted by molar-refractivity contribution is -0.121. The molecule has 0 fully saturated rings. The molecule has 1 aromatic carbocycles. The van der Waals surface area contributed by atoms with Crippen molar-refractivity contribution in [3.8, 4) is 5.75 Å². The van der Waals surface area contributed by atoms with Crippen LogP contribution >= 0.6 is 0 Å². The van der Waals surface area contributed by atoms with Gasteiger partial charge in [0.25, 0.3) is 0 Å². The lowest BCUT2D eigenvalue weighted by atomic mass is 10.1. The third kappa shape index (κ3) is 4.40. The Morgan fingerprint density at radius 3 is 2.88 bits per heavy atom. The van der Waals surface area contributed by atoms with E-state index in [1.807, 2.05) is 0 Å². The first-order chi connectivity index (χ1) is 8.17. The molecule has 0 bridgehead atoms. The summed E-state index contributed by atoms with van der Waals surface area (Å²) in [5.41, 5.74) is 2.90. The van der Waals surface area contributed by atoms with Gasteiger partial charge in [0.1, 0.15) is 0 Å². The number of benzene rings is 1. The first-order valence-corrected chi connectivity index (χ1v) is 5.58. The molecule has 0 saturated heterocycles. The van der Waals surface area contributed by atoms with Crippen LogP contribution in [-0.4, -0.2) is 12.5 Å².